The highest BCUT2D eigenvalue weighted by molar-refractivity contribution is 5.79. The molecule has 9 nitrogen and oxygen atoms in total. The number of aromatic nitrogens is 4. The highest BCUT2D eigenvalue weighted by Crippen LogP contribution is 2.37. The fourth-order valence-electron chi connectivity index (χ4n) is 4.24. The number of rotatable bonds is 7. The first-order chi connectivity index (χ1) is 16.3. The molecule has 3 aromatic rings. The van der Waals surface area contributed by atoms with Crippen LogP contribution in [0.3, 0.4) is 0 Å². The Morgan fingerprint density at radius 1 is 1.15 bits per heavy atom. The molecule has 1 aliphatic rings. The lowest BCUT2D eigenvalue weighted by Crippen LogP contribution is -2.34. The van der Waals surface area contributed by atoms with Gasteiger partial charge in [0, 0.05) is 30.1 Å². The zero-order chi connectivity index (χ0) is 24.4. The van der Waals surface area contributed by atoms with Crippen LogP contribution < -0.4 is 16.0 Å². The van der Waals surface area contributed by atoms with Gasteiger partial charge in [0.15, 0.2) is 17.3 Å². The van der Waals surface area contributed by atoms with Crippen molar-refractivity contribution in [3.05, 3.63) is 35.8 Å². The Hall–Kier alpha value is -3.41. The molecule has 1 aliphatic carbocycles. The maximum atomic E-state index is 14.4. The number of aliphatic hydroxyl groups is 1. The van der Waals surface area contributed by atoms with Crippen molar-refractivity contribution in [1.29, 1.82) is 0 Å². The minimum Gasteiger partial charge on any atom is -0.377 e. The van der Waals surface area contributed by atoms with E-state index in [0.717, 1.165) is 0 Å². The normalized spacial score (nSPS) is 18.3. The van der Waals surface area contributed by atoms with Gasteiger partial charge in [-0.3, -0.25) is 9.36 Å². The third-order valence-corrected chi connectivity index (χ3v) is 5.78. The zero-order valence-corrected chi connectivity index (χ0v) is 18.8. The van der Waals surface area contributed by atoms with Crippen molar-refractivity contribution < 1.29 is 23.1 Å². The summed E-state index contributed by atoms with van der Waals surface area (Å²) >= 11 is 0. The van der Waals surface area contributed by atoms with Crippen molar-refractivity contribution in [2.75, 3.05) is 17.4 Å². The Morgan fingerprint density at radius 2 is 1.82 bits per heavy atom. The Kier molecular flexibility index (Phi) is 6.87. The second-order valence-corrected chi connectivity index (χ2v) is 8.58. The average molecular weight is 477 g/mol. The molecule has 0 saturated heterocycles. The third-order valence-electron chi connectivity index (χ3n) is 5.78. The minimum atomic E-state index is -1.09. The molecule has 0 radical (unpaired) electrons. The molecular formula is C22H26F3N7O2. The molecule has 182 valence electrons. The summed E-state index contributed by atoms with van der Waals surface area (Å²) in [7, 11) is 0. The van der Waals surface area contributed by atoms with Crippen molar-refractivity contribution in [3.8, 4) is 0 Å². The molecule has 2 heterocycles. The van der Waals surface area contributed by atoms with Gasteiger partial charge in [-0.05, 0) is 39.5 Å². The molecule has 0 unspecified atom stereocenters. The lowest BCUT2D eigenvalue weighted by molar-refractivity contribution is -0.127. The Morgan fingerprint density at radius 3 is 2.44 bits per heavy atom. The molecule has 0 atom stereocenters. The van der Waals surface area contributed by atoms with Gasteiger partial charge in [-0.1, -0.05) is 0 Å². The zero-order valence-electron chi connectivity index (χ0n) is 18.8. The number of nitrogens with one attached hydrogen (secondary N) is 3. The van der Waals surface area contributed by atoms with Gasteiger partial charge in [-0.15, -0.1) is 0 Å². The number of aliphatic hydroxyl groups excluding tert-OH is 1. The van der Waals surface area contributed by atoms with E-state index < -0.39 is 29.9 Å². The molecule has 4 N–H and O–H groups in total. The van der Waals surface area contributed by atoms with E-state index in [2.05, 4.69) is 30.9 Å². The quantitative estimate of drug-likeness (QED) is 0.384. The van der Waals surface area contributed by atoms with Crippen LogP contribution in [0.25, 0.3) is 11.2 Å². The van der Waals surface area contributed by atoms with Crippen LogP contribution in [-0.4, -0.2) is 43.3 Å². The molecule has 1 aromatic carbocycles. The number of carbonyl (C=O) groups excluding carboxylic acids is 1. The Balaban J connectivity index is 1.72. The first kappa shape index (κ1) is 23.7. The van der Waals surface area contributed by atoms with E-state index in [9.17, 15) is 18.0 Å². The highest BCUT2D eigenvalue weighted by Gasteiger charge is 2.30. The summed E-state index contributed by atoms with van der Waals surface area (Å²) in [5.41, 5.74) is 0.356. The first-order valence-electron chi connectivity index (χ1n) is 11.1. The second kappa shape index (κ2) is 9.84. The number of hydrogen-bond donors (Lipinski definition) is 4. The molecule has 34 heavy (non-hydrogen) atoms. The van der Waals surface area contributed by atoms with Crippen LogP contribution in [0, 0.1) is 23.4 Å². The van der Waals surface area contributed by atoms with E-state index in [4.69, 9.17) is 5.11 Å². The summed E-state index contributed by atoms with van der Waals surface area (Å²) in [6.45, 7) is 3.46. The predicted octanol–water partition coefficient (Wildman–Crippen LogP) is 3.60. The third kappa shape index (κ3) is 4.91. The van der Waals surface area contributed by atoms with Gasteiger partial charge in [0.2, 0.25) is 17.8 Å². The number of benzene rings is 1. The molecule has 1 fully saturated rings. The van der Waals surface area contributed by atoms with Crippen molar-refractivity contribution in [1.82, 2.24) is 24.8 Å². The molecule has 4 rings (SSSR count). The Bertz CT molecular complexity index is 1170. The SMILES string of the molecule is CC(C)Nc1ncc2nc(Nc3c(F)cc(F)cc3F)n(C3CCC(C(=O)NCO)CC3)c2n1. The highest BCUT2D eigenvalue weighted by atomic mass is 19.1. The number of fused-ring (bicyclic) bond motifs is 1. The van der Waals surface area contributed by atoms with Crippen molar-refractivity contribution in [2.24, 2.45) is 5.92 Å². The summed E-state index contributed by atoms with van der Waals surface area (Å²) < 4.78 is 43.9. The minimum absolute atomic E-state index is 0.0781. The van der Waals surface area contributed by atoms with E-state index in [1.807, 2.05) is 13.8 Å². The predicted molar refractivity (Wildman–Crippen MR) is 120 cm³/mol. The number of imidazole rings is 1. The van der Waals surface area contributed by atoms with Gasteiger partial charge in [-0.2, -0.15) is 4.98 Å². The number of halogens is 3. The number of hydrogen-bond acceptors (Lipinski definition) is 7. The summed E-state index contributed by atoms with van der Waals surface area (Å²) in [4.78, 5) is 25.4. The molecular weight excluding hydrogens is 451 g/mol. The molecule has 0 bridgehead atoms. The lowest BCUT2D eigenvalue weighted by atomic mass is 9.85. The van der Waals surface area contributed by atoms with Gasteiger partial charge in [0.1, 0.15) is 23.8 Å². The van der Waals surface area contributed by atoms with Crippen LogP contribution in [-0.2, 0) is 4.79 Å². The maximum absolute atomic E-state index is 14.4. The van der Waals surface area contributed by atoms with Crippen LogP contribution in [0.1, 0.15) is 45.6 Å². The molecule has 1 amide bonds. The van der Waals surface area contributed by atoms with Crippen molar-refractivity contribution >= 4 is 34.7 Å². The molecule has 0 spiro atoms. The average Bonchev–Trinajstić information content (AvgIpc) is 3.13. The number of carbonyl (C=O) groups is 1. The number of anilines is 3. The van der Waals surface area contributed by atoms with Gasteiger partial charge in [0.25, 0.3) is 0 Å². The number of nitrogens with zero attached hydrogens (tertiary/aromatic N) is 4. The van der Waals surface area contributed by atoms with Gasteiger partial charge < -0.3 is 21.1 Å². The van der Waals surface area contributed by atoms with Crippen LogP contribution in [0.15, 0.2) is 18.3 Å². The van der Waals surface area contributed by atoms with E-state index in [0.29, 0.717) is 54.9 Å². The summed E-state index contributed by atoms with van der Waals surface area (Å²) in [5.74, 6) is -3.14. The van der Waals surface area contributed by atoms with Gasteiger partial charge >= 0.3 is 0 Å². The standard InChI is InChI=1S/C22H26F3N7O2/c1-11(2)28-21-26-9-17-19(31-21)32(14-5-3-12(4-6-14)20(34)27-10-33)22(29-17)30-18-15(24)7-13(23)8-16(18)25/h7-9,11-12,14,33H,3-6,10H2,1-2H3,(H,27,34)(H,29,30)(H,26,28,31). The lowest BCUT2D eigenvalue weighted by Gasteiger charge is -2.29. The topological polar surface area (TPSA) is 117 Å². The van der Waals surface area contributed by atoms with Crippen LogP contribution in [0.5, 0.6) is 0 Å². The van der Waals surface area contributed by atoms with Crippen LogP contribution in [0.2, 0.25) is 0 Å². The van der Waals surface area contributed by atoms with E-state index >= 15 is 0 Å². The summed E-state index contributed by atoms with van der Waals surface area (Å²) in [6.07, 6.45) is 3.78. The van der Waals surface area contributed by atoms with E-state index in [-0.39, 0.29) is 29.9 Å². The Labute approximate surface area is 193 Å². The van der Waals surface area contributed by atoms with E-state index in [1.165, 1.54) is 6.20 Å². The maximum Gasteiger partial charge on any atom is 0.224 e. The van der Waals surface area contributed by atoms with Crippen molar-refractivity contribution in [3.63, 3.8) is 0 Å². The van der Waals surface area contributed by atoms with Crippen LogP contribution in [0.4, 0.5) is 30.8 Å². The fraction of sp³-hybridized carbons (Fsp3) is 0.455. The smallest absolute Gasteiger partial charge is 0.224 e. The van der Waals surface area contributed by atoms with Gasteiger partial charge in [-0.25, -0.2) is 23.1 Å². The van der Waals surface area contributed by atoms with Crippen LogP contribution >= 0.6 is 0 Å². The molecule has 2 aromatic heterocycles. The van der Waals surface area contributed by atoms with Crippen molar-refractivity contribution in [2.45, 2.75) is 51.6 Å². The molecule has 12 heteroatoms. The second-order valence-electron chi connectivity index (χ2n) is 8.58. The largest absolute Gasteiger partial charge is 0.377 e. The van der Waals surface area contributed by atoms with Gasteiger partial charge in [0.05, 0.1) is 6.20 Å². The molecule has 1 saturated carbocycles. The number of amides is 1. The summed E-state index contributed by atoms with van der Waals surface area (Å²) in [5, 5.41) is 17.2. The molecule has 0 aliphatic heterocycles. The monoisotopic (exact) mass is 477 g/mol. The first-order valence-corrected chi connectivity index (χ1v) is 11.1. The summed E-state index contributed by atoms with van der Waals surface area (Å²) in [6, 6.07) is 1.09. The van der Waals surface area contributed by atoms with E-state index in [1.54, 1.807) is 4.57 Å². The fourth-order valence-corrected chi connectivity index (χ4v) is 4.24.